The van der Waals surface area contributed by atoms with Crippen molar-refractivity contribution in [1.82, 2.24) is 14.7 Å². The summed E-state index contributed by atoms with van der Waals surface area (Å²) in [5.74, 6) is 0.202. The quantitative estimate of drug-likeness (QED) is 0.777. The Labute approximate surface area is 127 Å². The lowest BCUT2D eigenvalue weighted by Crippen LogP contribution is -2.52. The number of aryl methyl sites for hydroxylation is 2. The number of carbonyl (C=O) groups is 1. The number of carbonyl (C=O) groups excluding carboxylic acids is 1. The van der Waals surface area contributed by atoms with Gasteiger partial charge in [0, 0.05) is 7.05 Å². The molecule has 0 radical (unpaired) electrons. The second-order valence-corrected chi connectivity index (χ2v) is 5.75. The lowest BCUT2D eigenvalue weighted by atomic mass is 9.88. The van der Waals surface area contributed by atoms with E-state index in [0.29, 0.717) is 11.4 Å². The van der Waals surface area contributed by atoms with Gasteiger partial charge >= 0.3 is 0 Å². The molecule has 0 N–H and O–H groups in total. The van der Waals surface area contributed by atoms with Gasteiger partial charge in [0.15, 0.2) is 5.78 Å². The molecule has 1 atom stereocenters. The molecule has 1 unspecified atom stereocenters. The van der Waals surface area contributed by atoms with Crippen LogP contribution in [0.15, 0.2) is 0 Å². The van der Waals surface area contributed by atoms with Gasteiger partial charge in [-0.2, -0.15) is 5.10 Å². The number of Topliss-reactive ketones (excluding diaryl/α,β-unsaturated/α-hetero) is 1. The van der Waals surface area contributed by atoms with Crippen molar-refractivity contribution in [2.24, 2.45) is 7.05 Å². The van der Waals surface area contributed by atoms with E-state index in [2.05, 4.69) is 30.8 Å². The molecular formula is C15H26ClN3O. The average molecular weight is 300 g/mol. The van der Waals surface area contributed by atoms with Crippen LogP contribution in [-0.2, 0) is 18.3 Å². The molecule has 114 valence electrons. The SMILES string of the molecule is CCN(CC)C(C)(CC)C(=O)Cc1c(Cl)c(C)nn1C. The summed E-state index contributed by atoms with van der Waals surface area (Å²) >= 11 is 6.25. The summed E-state index contributed by atoms with van der Waals surface area (Å²) in [4.78, 5) is 15.0. The van der Waals surface area contributed by atoms with Crippen molar-refractivity contribution < 1.29 is 4.79 Å². The summed E-state index contributed by atoms with van der Waals surface area (Å²) in [6.07, 6.45) is 1.12. The first-order chi connectivity index (χ1) is 9.31. The molecule has 1 aromatic rings. The highest BCUT2D eigenvalue weighted by Crippen LogP contribution is 2.26. The zero-order chi connectivity index (χ0) is 15.5. The molecule has 0 bridgehead atoms. The van der Waals surface area contributed by atoms with Crippen molar-refractivity contribution in [2.75, 3.05) is 13.1 Å². The second-order valence-electron chi connectivity index (χ2n) is 5.37. The van der Waals surface area contributed by atoms with E-state index in [1.54, 1.807) is 4.68 Å². The fraction of sp³-hybridized carbons (Fsp3) is 0.733. The van der Waals surface area contributed by atoms with Gasteiger partial charge in [-0.3, -0.25) is 14.4 Å². The van der Waals surface area contributed by atoms with Gasteiger partial charge in [-0.25, -0.2) is 0 Å². The van der Waals surface area contributed by atoms with Gasteiger partial charge in [-0.1, -0.05) is 32.4 Å². The van der Waals surface area contributed by atoms with Gasteiger partial charge in [0.05, 0.1) is 28.4 Å². The molecule has 1 heterocycles. The molecule has 0 aliphatic carbocycles. The molecule has 0 aliphatic rings. The molecule has 0 aromatic carbocycles. The van der Waals surface area contributed by atoms with Crippen LogP contribution in [0.3, 0.4) is 0 Å². The lowest BCUT2D eigenvalue weighted by molar-refractivity contribution is -0.130. The monoisotopic (exact) mass is 299 g/mol. The van der Waals surface area contributed by atoms with Gasteiger partial charge in [0.1, 0.15) is 0 Å². The molecular weight excluding hydrogens is 274 g/mol. The first-order valence-electron chi connectivity index (χ1n) is 7.28. The van der Waals surface area contributed by atoms with Crippen LogP contribution in [0.25, 0.3) is 0 Å². The Kier molecular flexibility index (Phi) is 5.78. The van der Waals surface area contributed by atoms with Gasteiger partial charge in [-0.05, 0) is 33.4 Å². The molecule has 0 amide bonds. The molecule has 0 saturated heterocycles. The van der Waals surface area contributed by atoms with Crippen LogP contribution in [0.4, 0.5) is 0 Å². The number of hydrogen-bond donors (Lipinski definition) is 0. The predicted octanol–water partition coefficient (Wildman–Crippen LogP) is 3.00. The Balaban J connectivity index is 3.04. The van der Waals surface area contributed by atoms with E-state index in [9.17, 15) is 4.79 Å². The van der Waals surface area contributed by atoms with Crippen LogP contribution < -0.4 is 0 Å². The predicted molar refractivity (Wildman–Crippen MR) is 83.3 cm³/mol. The molecule has 20 heavy (non-hydrogen) atoms. The standard InChI is InChI=1S/C15H26ClN3O/c1-7-15(5,19(8-2)9-3)13(20)10-12-14(16)11(4)17-18(12)6/h7-10H2,1-6H3. The highest BCUT2D eigenvalue weighted by atomic mass is 35.5. The Morgan fingerprint density at radius 1 is 1.35 bits per heavy atom. The zero-order valence-electron chi connectivity index (χ0n) is 13.5. The Morgan fingerprint density at radius 3 is 2.25 bits per heavy atom. The van der Waals surface area contributed by atoms with Crippen LogP contribution >= 0.6 is 11.6 Å². The van der Waals surface area contributed by atoms with Crippen molar-refractivity contribution in [3.8, 4) is 0 Å². The molecule has 1 rings (SSSR count). The van der Waals surface area contributed by atoms with Gasteiger partial charge in [-0.15, -0.1) is 0 Å². The highest BCUT2D eigenvalue weighted by molar-refractivity contribution is 6.32. The van der Waals surface area contributed by atoms with Crippen molar-refractivity contribution in [2.45, 2.75) is 53.0 Å². The summed E-state index contributed by atoms with van der Waals surface area (Å²) in [6, 6.07) is 0. The summed E-state index contributed by atoms with van der Waals surface area (Å²) < 4.78 is 1.72. The third-order valence-corrected chi connectivity index (χ3v) is 4.83. The number of aromatic nitrogens is 2. The maximum atomic E-state index is 12.8. The van der Waals surface area contributed by atoms with Crippen LogP contribution in [0.5, 0.6) is 0 Å². The first-order valence-corrected chi connectivity index (χ1v) is 7.65. The van der Waals surface area contributed by atoms with E-state index in [4.69, 9.17) is 11.6 Å². The van der Waals surface area contributed by atoms with Gasteiger partial charge < -0.3 is 0 Å². The number of ketones is 1. The molecule has 0 aliphatic heterocycles. The minimum atomic E-state index is -0.439. The average Bonchev–Trinajstić information content (AvgIpc) is 2.66. The summed E-state index contributed by atoms with van der Waals surface area (Å²) in [6.45, 7) is 11.9. The third kappa shape index (κ3) is 3.07. The van der Waals surface area contributed by atoms with E-state index in [1.807, 2.05) is 20.9 Å². The first kappa shape index (κ1) is 17.2. The number of rotatable bonds is 7. The van der Waals surface area contributed by atoms with Crippen LogP contribution in [0, 0.1) is 6.92 Å². The fourth-order valence-electron chi connectivity index (χ4n) is 2.73. The van der Waals surface area contributed by atoms with Gasteiger partial charge in [0.25, 0.3) is 0 Å². The maximum Gasteiger partial charge on any atom is 0.158 e. The van der Waals surface area contributed by atoms with E-state index >= 15 is 0 Å². The van der Waals surface area contributed by atoms with Crippen molar-refractivity contribution in [3.63, 3.8) is 0 Å². The van der Waals surface area contributed by atoms with E-state index in [1.165, 1.54) is 0 Å². The molecule has 0 saturated carbocycles. The lowest BCUT2D eigenvalue weighted by Gasteiger charge is -2.38. The number of nitrogens with zero attached hydrogens (tertiary/aromatic N) is 3. The zero-order valence-corrected chi connectivity index (χ0v) is 14.2. The van der Waals surface area contributed by atoms with Crippen LogP contribution in [-0.4, -0.2) is 39.1 Å². The summed E-state index contributed by atoms with van der Waals surface area (Å²) in [5, 5.41) is 4.89. The second kappa shape index (κ2) is 6.72. The van der Waals surface area contributed by atoms with E-state index in [-0.39, 0.29) is 5.78 Å². The third-order valence-electron chi connectivity index (χ3n) is 4.34. The number of halogens is 1. The normalized spacial score (nSPS) is 14.6. The molecule has 1 aromatic heterocycles. The van der Waals surface area contributed by atoms with Crippen molar-refractivity contribution in [3.05, 3.63) is 16.4 Å². The minimum absolute atomic E-state index is 0.202. The number of hydrogen-bond acceptors (Lipinski definition) is 3. The molecule has 4 nitrogen and oxygen atoms in total. The molecule has 0 spiro atoms. The maximum absolute atomic E-state index is 12.8. The van der Waals surface area contributed by atoms with Crippen molar-refractivity contribution >= 4 is 17.4 Å². The van der Waals surface area contributed by atoms with Crippen LogP contribution in [0.2, 0.25) is 5.02 Å². The number of likely N-dealkylation sites (N-methyl/N-ethyl adjacent to an activating group) is 1. The molecule has 5 heteroatoms. The molecule has 0 fully saturated rings. The minimum Gasteiger partial charge on any atom is -0.297 e. The van der Waals surface area contributed by atoms with E-state index < -0.39 is 5.54 Å². The van der Waals surface area contributed by atoms with Gasteiger partial charge in [0.2, 0.25) is 0 Å². The summed E-state index contributed by atoms with van der Waals surface area (Å²) in [7, 11) is 1.84. The summed E-state index contributed by atoms with van der Waals surface area (Å²) in [5.41, 5.74) is 1.14. The Bertz CT molecular complexity index is 480. The Hall–Kier alpha value is -0.870. The Morgan fingerprint density at radius 2 is 1.90 bits per heavy atom. The largest absolute Gasteiger partial charge is 0.297 e. The highest BCUT2D eigenvalue weighted by Gasteiger charge is 2.36. The fourth-order valence-corrected chi connectivity index (χ4v) is 2.96. The topological polar surface area (TPSA) is 38.1 Å². The van der Waals surface area contributed by atoms with E-state index in [0.717, 1.165) is 30.9 Å². The van der Waals surface area contributed by atoms with Crippen molar-refractivity contribution in [1.29, 1.82) is 0 Å². The van der Waals surface area contributed by atoms with Crippen LogP contribution in [0.1, 0.15) is 45.5 Å². The smallest absolute Gasteiger partial charge is 0.158 e.